The van der Waals surface area contributed by atoms with Gasteiger partial charge in [0.15, 0.2) is 5.54 Å². The normalized spacial score (nSPS) is 18.6. The van der Waals surface area contributed by atoms with Crippen molar-refractivity contribution in [1.82, 2.24) is 15.5 Å². The Bertz CT molecular complexity index is 1060. The van der Waals surface area contributed by atoms with E-state index in [4.69, 9.17) is 4.42 Å². The van der Waals surface area contributed by atoms with E-state index in [1.54, 1.807) is 30.8 Å². The van der Waals surface area contributed by atoms with Crippen LogP contribution in [0.1, 0.15) is 12.7 Å². The molecule has 1 saturated heterocycles. The third-order valence-corrected chi connectivity index (χ3v) is 5.94. The van der Waals surface area contributed by atoms with Crippen LogP contribution in [0.4, 0.5) is 4.79 Å². The van der Waals surface area contributed by atoms with Crippen molar-refractivity contribution < 1.29 is 18.8 Å². The van der Waals surface area contributed by atoms with Crippen LogP contribution in [0.5, 0.6) is 0 Å². The molecule has 8 heteroatoms. The maximum atomic E-state index is 13.0. The molecule has 0 radical (unpaired) electrons. The molecule has 4 rings (SSSR count). The van der Waals surface area contributed by atoms with Gasteiger partial charge in [0.05, 0.1) is 0 Å². The summed E-state index contributed by atoms with van der Waals surface area (Å²) in [5.41, 5.74) is -0.720. The molecule has 0 spiro atoms. The minimum Gasteiger partial charge on any atom is -0.458 e. The van der Waals surface area contributed by atoms with E-state index in [0.717, 1.165) is 15.2 Å². The zero-order chi connectivity index (χ0) is 21.1. The molecule has 4 amide bonds. The Labute approximate surface area is 177 Å². The first-order chi connectivity index (χ1) is 14.5. The fourth-order valence-electron chi connectivity index (χ4n) is 3.31. The lowest BCUT2D eigenvalue weighted by molar-refractivity contribution is -0.135. The Hall–Kier alpha value is -3.26. The number of carbonyl (C=O) groups is 3. The van der Waals surface area contributed by atoms with Gasteiger partial charge >= 0.3 is 6.03 Å². The average Bonchev–Trinajstić information content (AvgIpc) is 3.28. The fourth-order valence-corrected chi connectivity index (χ4v) is 4.10. The number of hydrogen-bond donors (Lipinski definition) is 2. The molecule has 1 fully saturated rings. The topological polar surface area (TPSA) is 91.7 Å². The number of thioether (sulfide) groups is 1. The van der Waals surface area contributed by atoms with Crippen LogP contribution in [-0.2, 0) is 15.1 Å². The van der Waals surface area contributed by atoms with E-state index in [2.05, 4.69) is 10.6 Å². The zero-order valence-corrected chi connectivity index (χ0v) is 17.2. The third-order valence-electron chi connectivity index (χ3n) is 4.93. The number of carbonyl (C=O) groups excluding carboxylic acids is 3. The van der Waals surface area contributed by atoms with Gasteiger partial charge in [0.2, 0.25) is 5.91 Å². The second kappa shape index (κ2) is 8.23. The number of fused-ring (bicyclic) bond motifs is 1. The number of benzene rings is 2. The van der Waals surface area contributed by atoms with Crippen molar-refractivity contribution in [3.63, 3.8) is 0 Å². The molecular formula is C22H21N3O4S. The van der Waals surface area contributed by atoms with Crippen LogP contribution in [0, 0.1) is 0 Å². The third kappa shape index (κ3) is 3.91. The van der Waals surface area contributed by atoms with Crippen molar-refractivity contribution in [3.05, 3.63) is 66.4 Å². The molecule has 154 valence electrons. The maximum absolute atomic E-state index is 13.0. The largest absolute Gasteiger partial charge is 0.458 e. The molecule has 2 aromatic carbocycles. The molecule has 0 unspecified atom stereocenters. The van der Waals surface area contributed by atoms with Crippen molar-refractivity contribution in [3.8, 4) is 0 Å². The molecule has 0 saturated carbocycles. The van der Waals surface area contributed by atoms with Gasteiger partial charge in [-0.2, -0.15) is 0 Å². The van der Waals surface area contributed by atoms with Gasteiger partial charge in [0.25, 0.3) is 5.91 Å². The van der Waals surface area contributed by atoms with Gasteiger partial charge in [-0.25, -0.2) is 4.79 Å². The van der Waals surface area contributed by atoms with E-state index in [0.29, 0.717) is 23.6 Å². The van der Waals surface area contributed by atoms with Crippen molar-refractivity contribution in [1.29, 1.82) is 0 Å². The second-order valence-electron chi connectivity index (χ2n) is 7.11. The van der Waals surface area contributed by atoms with Gasteiger partial charge in [-0.1, -0.05) is 36.4 Å². The van der Waals surface area contributed by atoms with E-state index < -0.39 is 17.5 Å². The Kier molecular flexibility index (Phi) is 5.50. The lowest BCUT2D eigenvalue weighted by atomic mass is 9.99. The highest BCUT2D eigenvalue weighted by molar-refractivity contribution is 7.99. The summed E-state index contributed by atoms with van der Waals surface area (Å²) in [6, 6.07) is 18.3. The van der Waals surface area contributed by atoms with Crippen LogP contribution in [0.15, 0.2) is 70.0 Å². The molecule has 7 nitrogen and oxygen atoms in total. The van der Waals surface area contributed by atoms with Gasteiger partial charge in [-0.3, -0.25) is 14.5 Å². The van der Waals surface area contributed by atoms with Crippen LogP contribution < -0.4 is 10.6 Å². The van der Waals surface area contributed by atoms with Crippen LogP contribution in [-0.4, -0.2) is 41.6 Å². The quantitative estimate of drug-likeness (QED) is 0.346. The fraction of sp³-hybridized carbons (Fsp3) is 0.227. The molecule has 0 aliphatic carbocycles. The molecule has 30 heavy (non-hydrogen) atoms. The van der Waals surface area contributed by atoms with E-state index in [9.17, 15) is 14.4 Å². The Morgan fingerprint density at radius 2 is 1.87 bits per heavy atom. The number of imide groups is 1. The predicted octanol–water partition coefficient (Wildman–Crippen LogP) is 3.11. The van der Waals surface area contributed by atoms with Crippen molar-refractivity contribution in [2.75, 3.05) is 18.8 Å². The van der Waals surface area contributed by atoms with Gasteiger partial charge in [-0.05, 0) is 31.2 Å². The van der Waals surface area contributed by atoms with Crippen molar-refractivity contribution >= 4 is 40.6 Å². The summed E-state index contributed by atoms with van der Waals surface area (Å²) < 4.78 is 5.78. The highest BCUT2D eigenvalue weighted by atomic mass is 32.2. The summed E-state index contributed by atoms with van der Waals surface area (Å²) in [5.74, 6) is 0.123. The number of furan rings is 1. The summed E-state index contributed by atoms with van der Waals surface area (Å²) in [5, 5.41) is 6.25. The van der Waals surface area contributed by atoms with Crippen molar-refractivity contribution in [2.45, 2.75) is 17.4 Å². The molecule has 1 aromatic heterocycles. The summed E-state index contributed by atoms with van der Waals surface area (Å²) >= 11 is 1.62. The van der Waals surface area contributed by atoms with Gasteiger partial charge < -0.3 is 15.1 Å². The standard InChI is InChI=1S/C22H21N3O4S/c1-22(18-13-15-7-5-6-10-17(15)29-18)20(27)25(21(28)24-22)14-19(26)23-11-12-30-16-8-3-2-4-9-16/h2-10,13H,11-12,14H2,1H3,(H,23,26)(H,24,28)/t22-/m1/s1. The molecule has 0 bridgehead atoms. The number of nitrogens with one attached hydrogen (secondary N) is 2. The predicted molar refractivity (Wildman–Crippen MR) is 114 cm³/mol. The molecule has 1 aliphatic heterocycles. The molecular weight excluding hydrogens is 402 g/mol. The number of nitrogens with zero attached hydrogens (tertiary/aromatic N) is 1. The monoisotopic (exact) mass is 423 g/mol. The first-order valence-electron chi connectivity index (χ1n) is 9.55. The van der Waals surface area contributed by atoms with Gasteiger partial charge in [-0.15, -0.1) is 11.8 Å². The Morgan fingerprint density at radius 3 is 2.63 bits per heavy atom. The number of urea groups is 1. The molecule has 3 aromatic rings. The number of rotatable bonds is 7. The van der Waals surface area contributed by atoms with E-state index in [1.807, 2.05) is 48.5 Å². The SMILES string of the molecule is C[C@]1(c2cc3ccccc3o2)NC(=O)N(CC(=O)NCCSc2ccccc2)C1=O. The summed E-state index contributed by atoms with van der Waals surface area (Å²) in [6.45, 7) is 1.68. The van der Waals surface area contributed by atoms with E-state index >= 15 is 0 Å². The van der Waals surface area contributed by atoms with E-state index in [-0.39, 0.29) is 12.5 Å². The smallest absolute Gasteiger partial charge is 0.325 e. The van der Waals surface area contributed by atoms with Gasteiger partial charge in [0, 0.05) is 22.6 Å². The Balaban J connectivity index is 1.36. The summed E-state index contributed by atoms with van der Waals surface area (Å²) in [7, 11) is 0. The first-order valence-corrected chi connectivity index (χ1v) is 10.5. The van der Waals surface area contributed by atoms with Gasteiger partial charge in [0.1, 0.15) is 17.9 Å². The lowest BCUT2D eigenvalue weighted by Crippen LogP contribution is -2.43. The zero-order valence-electron chi connectivity index (χ0n) is 16.4. The van der Waals surface area contributed by atoms with Crippen LogP contribution in [0.3, 0.4) is 0 Å². The summed E-state index contributed by atoms with van der Waals surface area (Å²) in [6.07, 6.45) is 0. The minimum atomic E-state index is -1.35. The minimum absolute atomic E-state index is 0.337. The molecule has 1 atom stereocenters. The number of amides is 4. The first kappa shape index (κ1) is 20.0. The summed E-state index contributed by atoms with van der Waals surface area (Å²) in [4.78, 5) is 39.7. The van der Waals surface area contributed by atoms with Crippen LogP contribution >= 0.6 is 11.8 Å². The van der Waals surface area contributed by atoms with E-state index in [1.165, 1.54) is 0 Å². The number of para-hydroxylation sites is 1. The highest BCUT2D eigenvalue weighted by Gasteiger charge is 2.51. The van der Waals surface area contributed by atoms with Crippen LogP contribution in [0.25, 0.3) is 11.0 Å². The Morgan fingerprint density at radius 1 is 1.13 bits per heavy atom. The molecule has 2 N–H and O–H groups in total. The highest BCUT2D eigenvalue weighted by Crippen LogP contribution is 2.32. The lowest BCUT2D eigenvalue weighted by Gasteiger charge is -2.18. The number of hydrogen-bond acceptors (Lipinski definition) is 5. The second-order valence-corrected chi connectivity index (χ2v) is 8.27. The molecule has 2 heterocycles. The average molecular weight is 423 g/mol. The molecule has 1 aliphatic rings. The van der Waals surface area contributed by atoms with Crippen LogP contribution in [0.2, 0.25) is 0 Å². The maximum Gasteiger partial charge on any atom is 0.325 e. The van der Waals surface area contributed by atoms with Crippen molar-refractivity contribution in [2.24, 2.45) is 0 Å².